The number of nitrogens with zero attached hydrogens (tertiary/aromatic N) is 1. The van der Waals surface area contributed by atoms with E-state index in [0.717, 1.165) is 12.3 Å². The van der Waals surface area contributed by atoms with Crippen molar-refractivity contribution in [2.75, 3.05) is 11.0 Å². The first kappa shape index (κ1) is 19.4. The lowest BCUT2D eigenvalue weighted by molar-refractivity contribution is -0.137. The van der Waals surface area contributed by atoms with E-state index in [4.69, 9.17) is 11.6 Å². The predicted molar refractivity (Wildman–Crippen MR) is 95.0 cm³/mol. The average Bonchev–Trinajstić information content (AvgIpc) is 2.45. The smallest absolute Gasteiger partial charge is 0.283 e. The van der Waals surface area contributed by atoms with Gasteiger partial charge in [-0.3, -0.25) is 4.72 Å². The number of rotatable bonds is 4. The summed E-state index contributed by atoms with van der Waals surface area (Å²) >= 11 is 10.5. The van der Waals surface area contributed by atoms with Gasteiger partial charge in [-0.15, -0.1) is 0 Å². The van der Waals surface area contributed by atoms with Crippen molar-refractivity contribution in [1.29, 1.82) is 0 Å². The summed E-state index contributed by atoms with van der Waals surface area (Å²) in [6.45, 7) is 0. The van der Waals surface area contributed by atoms with Gasteiger partial charge in [-0.25, -0.2) is 8.42 Å². The monoisotopic (exact) mass is 406 g/mol. The topological polar surface area (TPSA) is 58.5 Å². The molecule has 132 valence electrons. The molecule has 2 aromatic rings. The Morgan fingerprint density at radius 1 is 1.24 bits per heavy atom. The summed E-state index contributed by atoms with van der Waals surface area (Å²) < 4.78 is 65.7. The fourth-order valence-electron chi connectivity index (χ4n) is 2.20. The molecule has 0 amide bonds. The van der Waals surface area contributed by atoms with E-state index >= 15 is 0 Å². The molecule has 0 spiro atoms. The molecular weight excluding hydrogens is 397 g/mol. The van der Waals surface area contributed by atoms with E-state index in [0.29, 0.717) is 0 Å². The number of benzene rings is 2. The van der Waals surface area contributed by atoms with Crippen molar-refractivity contribution in [3.8, 4) is 11.1 Å². The number of hydrogen-bond acceptors (Lipinski definition) is 4. The Balaban J connectivity index is 2.82. The predicted octanol–water partition coefficient (Wildman–Crippen LogP) is 5.13. The quantitative estimate of drug-likeness (QED) is 0.565. The van der Waals surface area contributed by atoms with Crippen molar-refractivity contribution in [3.63, 3.8) is 0 Å². The average molecular weight is 407 g/mol. The van der Waals surface area contributed by atoms with Gasteiger partial charge in [-0.1, -0.05) is 29.8 Å². The molecule has 0 saturated carbocycles. The van der Waals surface area contributed by atoms with Gasteiger partial charge < -0.3 is 0 Å². The van der Waals surface area contributed by atoms with Crippen LogP contribution < -0.4 is 4.72 Å². The molecule has 0 aromatic heterocycles. The standard InChI is InChI=1S/C15H10ClF3N2O2S2/c1-25(22,23)21-13-5-3-2-4-10(13)14-11(15(17,18)19)6-9(20-8-24)7-12(14)16/h2-7,21H,1H3. The van der Waals surface area contributed by atoms with Crippen LogP contribution in [0.5, 0.6) is 0 Å². The largest absolute Gasteiger partial charge is 0.417 e. The van der Waals surface area contributed by atoms with Gasteiger partial charge in [0.15, 0.2) is 0 Å². The van der Waals surface area contributed by atoms with Crippen LogP contribution in [0.3, 0.4) is 0 Å². The summed E-state index contributed by atoms with van der Waals surface area (Å²) in [7, 11) is -3.70. The maximum absolute atomic E-state index is 13.5. The highest BCUT2D eigenvalue weighted by atomic mass is 35.5. The van der Waals surface area contributed by atoms with Gasteiger partial charge in [-0.05, 0) is 30.4 Å². The number of alkyl halides is 3. The molecule has 1 N–H and O–H groups in total. The molecule has 0 aliphatic heterocycles. The van der Waals surface area contributed by atoms with Crippen LogP contribution in [-0.4, -0.2) is 19.8 Å². The summed E-state index contributed by atoms with van der Waals surface area (Å²) in [5.41, 5.74) is -1.56. The Hall–Kier alpha value is -1.93. The van der Waals surface area contributed by atoms with Gasteiger partial charge in [0, 0.05) is 11.1 Å². The van der Waals surface area contributed by atoms with Crippen LogP contribution in [0.2, 0.25) is 5.02 Å². The molecule has 25 heavy (non-hydrogen) atoms. The normalized spacial score (nSPS) is 11.7. The number of isothiocyanates is 1. The van der Waals surface area contributed by atoms with Crippen molar-refractivity contribution < 1.29 is 21.6 Å². The van der Waals surface area contributed by atoms with Gasteiger partial charge in [0.25, 0.3) is 0 Å². The SMILES string of the molecule is CS(=O)(=O)Nc1ccccc1-c1c(Cl)cc(N=C=S)cc1C(F)(F)F. The van der Waals surface area contributed by atoms with Crippen LogP contribution in [0.25, 0.3) is 11.1 Å². The number of para-hydroxylation sites is 1. The van der Waals surface area contributed by atoms with Crippen molar-refractivity contribution in [2.24, 2.45) is 4.99 Å². The van der Waals surface area contributed by atoms with Crippen molar-refractivity contribution in [3.05, 3.63) is 47.0 Å². The fraction of sp³-hybridized carbons (Fsp3) is 0.133. The molecule has 0 atom stereocenters. The summed E-state index contributed by atoms with van der Waals surface area (Å²) in [6.07, 6.45) is -3.85. The van der Waals surface area contributed by atoms with E-state index < -0.39 is 21.8 Å². The molecule has 0 aliphatic carbocycles. The van der Waals surface area contributed by atoms with Gasteiger partial charge in [0.05, 0.1) is 33.4 Å². The number of thiocarbonyl (C=S) groups is 1. The van der Waals surface area contributed by atoms with E-state index in [-0.39, 0.29) is 27.5 Å². The van der Waals surface area contributed by atoms with Gasteiger partial charge in [0.1, 0.15) is 0 Å². The number of aliphatic imine (C=N–C) groups is 1. The van der Waals surface area contributed by atoms with E-state index in [1.165, 1.54) is 30.3 Å². The minimum absolute atomic E-state index is 0.0110. The van der Waals surface area contributed by atoms with E-state index in [1.807, 2.05) is 5.16 Å². The highest BCUT2D eigenvalue weighted by Gasteiger charge is 2.36. The first-order valence-electron chi connectivity index (χ1n) is 6.59. The zero-order valence-corrected chi connectivity index (χ0v) is 14.9. The summed E-state index contributed by atoms with van der Waals surface area (Å²) in [6, 6.07) is 7.62. The summed E-state index contributed by atoms with van der Waals surface area (Å²) in [4.78, 5) is 3.53. The molecule has 0 heterocycles. The van der Waals surface area contributed by atoms with Crippen LogP contribution >= 0.6 is 23.8 Å². The molecule has 0 saturated heterocycles. The lowest BCUT2D eigenvalue weighted by Crippen LogP contribution is -2.12. The van der Waals surface area contributed by atoms with Crippen LogP contribution in [0.4, 0.5) is 24.5 Å². The van der Waals surface area contributed by atoms with E-state index in [9.17, 15) is 21.6 Å². The molecular formula is C15H10ClF3N2O2S2. The highest BCUT2D eigenvalue weighted by Crippen LogP contribution is 2.45. The molecule has 10 heteroatoms. The zero-order chi connectivity index (χ0) is 18.8. The Labute approximate surface area is 152 Å². The molecule has 0 unspecified atom stereocenters. The first-order chi connectivity index (χ1) is 11.5. The second-order valence-corrected chi connectivity index (χ2v) is 7.31. The third-order valence-corrected chi connectivity index (χ3v) is 4.03. The lowest BCUT2D eigenvalue weighted by Gasteiger charge is -2.18. The number of nitrogens with one attached hydrogen (secondary N) is 1. The molecule has 2 aromatic carbocycles. The zero-order valence-electron chi connectivity index (χ0n) is 12.6. The number of sulfonamides is 1. The Kier molecular flexibility index (Phi) is 5.53. The number of halogens is 4. The summed E-state index contributed by atoms with van der Waals surface area (Å²) in [5, 5.41) is 1.73. The molecule has 0 fully saturated rings. The number of hydrogen-bond donors (Lipinski definition) is 1. The van der Waals surface area contributed by atoms with Gasteiger partial charge in [-0.2, -0.15) is 18.2 Å². The maximum atomic E-state index is 13.5. The highest BCUT2D eigenvalue weighted by molar-refractivity contribution is 7.92. The summed E-state index contributed by atoms with van der Waals surface area (Å²) in [5.74, 6) is 0. The lowest BCUT2D eigenvalue weighted by atomic mass is 9.97. The molecule has 0 bridgehead atoms. The van der Waals surface area contributed by atoms with Crippen LogP contribution in [0.1, 0.15) is 5.56 Å². The van der Waals surface area contributed by atoms with Crippen LogP contribution in [-0.2, 0) is 16.2 Å². The van der Waals surface area contributed by atoms with Gasteiger partial charge in [0.2, 0.25) is 10.0 Å². The molecule has 2 rings (SSSR count). The third-order valence-electron chi connectivity index (χ3n) is 3.05. The second-order valence-electron chi connectivity index (χ2n) is 4.97. The van der Waals surface area contributed by atoms with E-state index in [2.05, 4.69) is 21.9 Å². The minimum Gasteiger partial charge on any atom is -0.283 e. The Morgan fingerprint density at radius 2 is 1.88 bits per heavy atom. The van der Waals surface area contributed by atoms with Crippen molar-refractivity contribution in [2.45, 2.75) is 6.18 Å². The fourth-order valence-corrected chi connectivity index (χ4v) is 3.20. The van der Waals surface area contributed by atoms with Crippen LogP contribution in [0, 0.1) is 0 Å². The van der Waals surface area contributed by atoms with Crippen LogP contribution in [0.15, 0.2) is 41.4 Å². The first-order valence-corrected chi connectivity index (χ1v) is 9.26. The minimum atomic E-state index is -4.75. The van der Waals surface area contributed by atoms with Crippen molar-refractivity contribution in [1.82, 2.24) is 0 Å². The van der Waals surface area contributed by atoms with Gasteiger partial charge >= 0.3 is 6.18 Å². The molecule has 0 radical (unpaired) electrons. The van der Waals surface area contributed by atoms with E-state index in [1.54, 1.807) is 0 Å². The Bertz CT molecular complexity index is 969. The number of anilines is 1. The second kappa shape index (κ2) is 7.13. The molecule has 0 aliphatic rings. The molecule has 4 nitrogen and oxygen atoms in total. The Morgan fingerprint density at radius 3 is 2.44 bits per heavy atom. The maximum Gasteiger partial charge on any atom is 0.417 e. The van der Waals surface area contributed by atoms with Crippen molar-refractivity contribution >= 4 is 50.4 Å². The third kappa shape index (κ3) is 4.79.